The molecule has 0 bridgehead atoms. The molecule has 9 nitrogen and oxygen atoms in total. The molecule has 1 saturated heterocycles. The zero-order valence-corrected chi connectivity index (χ0v) is 11.3. The van der Waals surface area contributed by atoms with Crippen molar-refractivity contribution in [2.24, 2.45) is 0 Å². The van der Waals surface area contributed by atoms with E-state index in [4.69, 9.17) is 9.84 Å². The van der Waals surface area contributed by atoms with E-state index in [1.165, 1.54) is 10.8 Å². The second kappa shape index (κ2) is 6.25. The van der Waals surface area contributed by atoms with E-state index >= 15 is 0 Å². The fraction of sp³-hybridized carbons (Fsp3) is 0.545. The van der Waals surface area contributed by atoms with Gasteiger partial charge in [0, 0.05) is 24.2 Å². The molecule has 1 aromatic rings. The molecule has 0 aliphatic carbocycles. The van der Waals surface area contributed by atoms with Gasteiger partial charge >= 0.3 is 13.1 Å². The van der Waals surface area contributed by atoms with Gasteiger partial charge < -0.3 is 20.2 Å². The van der Waals surface area contributed by atoms with Gasteiger partial charge in [-0.1, -0.05) is 0 Å². The molecule has 0 amide bonds. The Kier molecular flexibility index (Phi) is 4.61. The van der Waals surface area contributed by atoms with Crippen molar-refractivity contribution < 1.29 is 19.7 Å². The first-order valence-corrected chi connectivity index (χ1v) is 6.33. The van der Waals surface area contributed by atoms with Crippen molar-refractivity contribution in [2.75, 3.05) is 6.61 Å². The lowest BCUT2D eigenvalue weighted by Crippen LogP contribution is -2.42. The van der Waals surface area contributed by atoms with Crippen molar-refractivity contribution in [3.05, 3.63) is 32.6 Å². The summed E-state index contributed by atoms with van der Waals surface area (Å²) < 4.78 is 6.76. The number of carboxylic acid groups (broad SMARTS) is 1. The molecule has 1 radical (unpaired) electrons. The third-order valence-electron chi connectivity index (χ3n) is 3.29. The van der Waals surface area contributed by atoms with Crippen LogP contribution < -0.4 is 16.5 Å². The van der Waals surface area contributed by atoms with Crippen LogP contribution in [0.5, 0.6) is 0 Å². The Hall–Kier alpha value is -1.91. The van der Waals surface area contributed by atoms with Crippen molar-refractivity contribution >= 4 is 13.3 Å². The molecule has 2 rings (SSSR count). The Bertz CT molecular complexity index is 642. The molecule has 21 heavy (non-hydrogen) atoms. The van der Waals surface area contributed by atoms with Crippen LogP contribution in [-0.4, -0.2) is 51.8 Å². The number of nitrogens with one attached hydrogen (secondary N) is 2. The van der Waals surface area contributed by atoms with E-state index in [0.29, 0.717) is 5.56 Å². The standard InChI is InChI=1S/C11H15BN3O6/c1-5-3-15(11(20)13-9(5)17)8-2-6(7(4-16)21-8)14-12-10(18)19/h3,6-8,14,16H,2,4H2,1H3,(H,18,19)(H,13,17,20)/t6-,7+,8+/m0/s1. The molecule has 0 spiro atoms. The number of hydrogen-bond acceptors (Lipinski definition) is 6. The molecule has 113 valence electrons. The summed E-state index contributed by atoms with van der Waals surface area (Å²) in [6, 6.07) is -0.449. The number of aromatic amines is 1. The summed E-state index contributed by atoms with van der Waals surface area (Å²) in [5, 5.41) is 20.5. The highest BCUT2D eigenvalue weighted by atomic mass is 16.5. The van der Waals surface area contributed by atoms with Crippen molar-refractivity contribution in [2.45, 2.75) is 31.7 Å². The predicted molar refractivity (Wildman–Crippen MR) is 72.4 cm³/mol. The van der Waals surface area contributed by atoms with Gasteiger partial charge in [0.2, 0.25) is 0 Å². The summed E-state index contributed by atoms with van der Waals surface area (Å²) in [7, 11) is 0.861. The first kappa shape index (κ1) is 15.5. The molecule has 0 unspecified atom stereocenters. The number of carbonyl (C=O) groups is 1. The smallest absolute Gasteiger partial charge is 0.354 e. The van der Waals surface area contributed by atoms with E-state index in [1.807, 2.05) is 0 Å². The van der Waals surface area contributed by atoms with Crippen LogP contribution in [0.3, 0.4) is 0 Å². The lowest BCUT2D eigenvalue weighted by atomic mass is 9.92. The molecule has 2 heterocycles. The number of aryl methyl sites for hydroxylation is 1. The van der Waals surface area contributed by atoms with Crippen molar-refractivity contribution in [1.82, 2.24) is 14.8 Å². The average Bonchev–Trinajstić information content (AvgIpc) is 2.83. The summed E-state index contributed by atoms with van der Waals surface area (Å²) in [6.07, 6.45) is 0.318. The van der Waals surface area contributed by atoms with Crippen molar-refractivity contribution in [3.8, 4) is 0 Å². The van der Waals surface area contributed by atoms with Crippen LogP contribution in [-0.2, 0) is 4.74 Å². The number of aliphatic hydroxyl groups is 1. The summed E-state index contributed by atoms with van der Waals surface area (Å²) in [5.74, 6) is -1.15. The second-order valence-electron chi connectivity index (χ2n) is 4.78. The van der Waals surface area contributed by atoms with Gasteiger partial charge in [-0.3, -0.25) is 19.1 Å². The maximum absolute atomic E-state index is 11.8. The highest BCUT2D eigenvalue weighted by Gasteiger charge is 2.36. The number of nitrogens with zero attached hydrogens (tertiary/aromatic N) is 1. The van der Waals surface area contributed by atoms with Gasteiger partial charge in [-0.15, -0.1) is 0 Å². The number of H-pyrrole nitrogens is 1. The van der Waals surface area contributed by atoms with Crippen LogP contribution in [0.15, 0.2) is 15.8 Å². The Morgan fingerprint density at radius 2 is 2.33 bits per heavy atom. The zero-order chi connectivity index (χ0) is 15.6. The number of rotatable bonds is 5. The van der Waals surface area contributed by atoms with Crippen LogP contribution in [0.4, 0.5) is 4.79 Å². The maximum Gasteiger partial charge on any atom is 0.354 e. The maximum atomic E-state index is 11.8. The summed E-state index contributed by atoms with van der Waals surface area (Å²) in [4.78, 5) is 35.8. The number of aliphatic hydroxyl groups excluding tert-OH is 1. The molecule has 1 aliphatic rings. The predicted octanol–water partition coefficient (Wildman–Crippen LogP) is -1.62. The quantitative estimate of drug-likeness (QED) is 0.480. The zero-order valence-electron chi connectivity index (χ0n) is 11.3. The Balaban J connectivity index is 2.19. The van der Waals surface area contributed by atoms with Crippen molar-refractivity contribution in [1.29, 1.82) is 0 Å². The van der Waals surface area contributed by atoms with E-state index in [1.54, 1.807) is 6.92 Å². The fourth-order valence-corrected chi connectivity index (χ4v) is 2.22. The Morgan fingerprint density at radius 3 is 2.95 bits per heavy atom. The molecular formula is C11H15BN3O6. The third kappa shape index (κ3) is 3.41. The first-order valence-electron chi connectivity index (χ1n) is 6.33. The molecule has 0 saturated carbocycles. The summed E-state index contributed by atoms with van der Waals surface area (Å²) >= 11 is 0. The number of hydrogen-bond donors (Lipinski definition) is 4. The molecule has 4 N–H and O–H groups in total. The van der Waals surface area contributed by atoms with E-state index in [9.17, 15) is 19.5 Å². The largest absolute Gasteiger partial charge is 0.488 e. The normalized spacial score (nSPS) is 25.0. The Morgan fingerprint density at radius 1 is 1.62 bits per heavy atom. The van der Waals surface area contributed by atoms with E-state index in [2.05, 4.69) is 10.2 Å². The van der Waals surface area contributed by atoms with E-state index in [0.717, 1.165) is 7.41 Å². The van der Waals surface area contributed by atoms with Gasteiger partial charge in [0.15, 0.2) is 0 Å². The second-order valence-corrected chi connectivity index (χ2v) is 4.78. The van der Waals surface area contributed by atoms with Crippen LogP contribution in [0.1, 0.15) is 18.2 Å². The minimum atomic E-state index is -1.15. The number of ether oxygens (including phenoxy) is 1. The average molecular weight is 296 g/mol. The Labute approximate surface area is 119 Å². The minimum Gasteiger partial charge on any atom is -0.488 e. The minimum absolute atomic E-state index is 0.278. The van der Waals surface area contributed by atoms with E-state index < -0.39 is 35.5 Å². The van der Waals surface area contributed by atoms with Gasteiger partial charge in [-0.25, -0.2) is 4.79 Å². The van der Waals surface area contributed by atoms with Crippen LogP contribution in [0.2, 0.25) is 0 Å². The summed E-state index contributed by atoms with van der Waals surface area (Å²) in [5.41, 5.74) is -0.732. The molecule has 3 atom stereocenters. The van der Waals surface area contributed by atoms with Crippen LogP contribution in [0, 0.1) is 6.92 Å². The third-order valence-corrected chi connectivity index (χ3v) is 3.29. The van der Waals surface area contributed by atoms with Gasteiger partial charge in [0.25, 0.3) is 11.4 Å². The van der Waals surface area contributed by atoms with Gasteiger partial charge in [-0.2, -0.15) is 0 Å². The first-order chi connectivity index (χ1) is 9.92. The van der Waals surface area contributed by atoms with E-state index in [-0.39, 0.29) is 13.0 Å². The van der Waals surface area contributed by atoms with Crippen LogP contribution in [0.25, 0.3) is 0 Å². The summed E-state index contributed by atoms with van der Waals surface area (Å²) in [6.45, 7) is 1.24. The lowest BCUT2D eigenvalue weighted by molar-refractivity contribution is -0.0280. The van der Waals surface area contributed by atoms with Crippen LogP contribution >= 0.6 is 0 Å². The lowest BCUT2D eigenvalue weighted by Gasteiger charge is -2.16. The number of aromatic nitrogens is 2. The monoisotopic (exact) mass is 296 g/mol. The SMILES string of the molecule is Cc1cn([C@H]2C[C@H](N[B]C(=O)O)[C@@H](CO)O2)c(=O)[nH]c1=O. The van der Waals surface area contributed by atoms with Gasteiger partial charge in [0.1, 0.15) is 6.23 Å². The van der Waals surface area contributed by atoms with Gasteiger partial charge in [-0.05, 0) is 6.92 Å². The van der Waals surface area contributed by atoms with Crippen molar-refractivity contribution in [3.63, 3.8) is 0 Å². The molecule has 1 aromatic heterocycles. The molecular weight excluding hydrogens is 281 g/mol. The molecule has 1 fully saturated rings. The molecule has 0 aromatic carbocycles. The highest BCUT2D eigenvalue weighted by molar-refractivity contribution is 6.69. The molecule has 10 heteroatoms. The highest BCUT2D eigenvalue weighted by Crippen LogP contribution is 2.27. The molecule has 1 aliphatic heterocycles. The topological polar surface area (TPSA) is 134 Å². The fourth-order valence-electron chi connectivity index (χ4n) is 2.22. The van der Waals surface area contributed by atoms with Gasteiger partial charge in [0.05, 0.1) is 12.7 Å².